The Morgan fingerprint density at radius 3 is 2.88 bits per heavy atom. The molecule has 1 aliphatic heterocycles. The summed E-state index contributed by atoms with van der Waals surface area (Å²) >= 11 is 0. The molecule has 16 heavy (non-hydrogen) atoms. The smallest absolute Gasteiger partial charge is 0.134 e. The van der Waals surface area contributed by atoms with Crippen LogP contribution in [0.4, 0.5) is 11.6 Å². The molecule has 5 nitrogen and oxygen atoms in total. The first-order valence-corrected chi connectivity index (χ1v) is 5.75. The van der Waals surface area contributed by atoms with E-state index in [1.54, 1.807) is 0 Å². The van der Waals surface area contributed by atoms with E-state index in [4.69, 9.17) is 10.5 Å². The van der Waals surface area contributed by atoms with E-state index in [9.17, 15) is 0 Å². The fourth-order valence-corrected chi connectivity index (χ4v) is 1.93. The zero-order valence-corrected chi connectivity index (χ0v) is 9.57. The molecule has 3 N–H and O–H groups in total. The van der Waals surface area contributed by atoms with Crippen molar-refractivity contribution >= 4 is 11.6 Å². The van der Waals surface area contributed by atoms with Crippen LogP contribution in [0.5, 0.6) is 0 Å². The van der Waals surface area contributed by atoms with Gasteiger partial charge in [-0.05, 0) is 19.3 Å². The Morgan fingerprint density at radius 2 is 2.19 bits per heavy atom. The molecular formula is C11H18N4O. The number of nitrogens with zero attached hydrogens (tertiary/aromatic N) is 2. The quantitative estimate of drug-likeness (QED) is 0.804. The molecule has 1 aliphatic rings. The van der Waals surface area contributed by atoms with Crippen LogP contribution in [-0.2, 0) is 11.2 Å². The summed E-state index contributed by atoms with van der Waals surface area (Å²) in [7, 11) is 0. The van der Waals surface area contributed by atoms with E-state index < -0.39 is 0 Å². The Morgan fingerprint density at radius 1 is 1.44 bits per heavy atom. The molecule has 2 heterocycles. The number of hydrogen-bond acceptors (Lipinski definition) is 5. The van der Waals surface area contributed by atoms with Crippen molar-refractivity contribution in [3.8, 4) is 0 Å². The van der Waals surface area contributed by atoms with E-state index in [1.165, 1.54) is 6.33 Å². The SMILES string of the molecule is CCc1c(N)ncnc1NC1CCOCC1. The van der Waals surface area contributed by atoms with E-state index in [0.717, 1.165) is 43.9 Å². The summed E-state index contributed by atoms with van der Waals surface area (Å²) in [5.41, 5.74) is 6.83. The van der Waals surface area contributed by atoms with Gasteiger partial charge in [-0.25, -0.2) is 9.97 Å². The summed E-state index contributed by atoms with van der Waals surface area (Å²) in [6.45, 7) is 3.70. The third-order valence-corrected chi connectivity index (χ3v) is 2.89. The maximum atomic E-state index is 5.82. The second-order valence-corrected chi connectivity index (χ2v) is 3.97. The molecule has 0 spiro atoms. The fourth-order valence-electron chi connectivity index (χ4n) is 1.93. The molecule has 0 aromatic carbocycles. The van der Waals surface area contributed by atoms with Gasteiger partial charge in [0.05, 0.1) is 0 Å². The van der Waals surface area contributed by atoms with Crippen molar-refractivity contribution in [2.24, 2.45) is 0 Å². The molecule has 0 aliphatic carbocycles. The zero-order valence-electron chi connectivity index (χ0n) is 9.57. The van der Waals surface area contributed by atoms with Crippen LogP contribution in [0.2, 0.25) is 0 Å². The lowest BCUT2D eigenvalue weighted by Crippen LogP contribution is -2.28. The highest BCUT2D eigenvalue weighted by molar-refractivity contribution is 5.55. The number of rotatable bonds is 3. The predicted octanol–water partition coefficient (Wildman–Crippen LogP) is 1.21. The van der Waals surface area contributed by atoms with E-state index in [1.807, 2.05) is 0 Å². The maximum absolute atomic E-state index is 5.82. The number of ether oxygens (including phenoxy) is 1. The average molecular weight is 222 g/mol. The summed E-state index contributed by atoms with van der Waals surface area (Å²) in [5.74, 6) is 1.45. The van der Waals surface area contributed by atoms with Crippen molar-refractivity contribution in [2.75, 3.05) is 24.3 Å². The monoisotopic (exact) mass is 222 g/mol. The van der Waals surface area contributed by atoms with Gasteiger partial charge in [0, 0.05) is 24.8 Å². The molecule has 0 atom stereocenters. The molecule has 1 aromatic heterocycles. The molecule has 0 bridgehead atoms. The number of nitrogens with two attached hydrogens (primary N) is 1. The molecule has 0 radical (unpaired) electrons. The molecule has 0 saturated carbocycles. The van der Waals surface area contributed by atoms with Gasteiger partial charge in [-0.3, -0.25) is 0 Å². The first kappa shape index (κ1) is 11.1. The molecule has 5 heteroatoms. The second kappa shape index (κ2) is 5.12. The Bertz CT molecular complexity index is 350. The van der Waals surface area contributed by atoms with Crippen LogP contribution >= 0.6 is 0 Å². The molecule has 1 aromatic rings. The Labute approximate surface area is 95.4 Å². The lowest BCUT2D eigenvalue weighted by atomic mass is 10.1. The Kier molecular flexibility index (Phi) is 3.56. The number of nitrogens with one attached hydrogen (secondary N) is 1. The minimum absolute atomic E-state index is 0.438. The van der Waals surface area contributed by atoms with Crippen molar-refractivity contribution in [1.82, 2.24) is 9.97 Å². The number of aromatic nitrogens is 2. The number of anilines is 2. The van der Waals surface area contributed by atoms with E-state index in [2.05, 4.69) is 22.2 Å². The van der Waals surface area contributed by atoms with Gasteiger partial charge in [0.2, 0.25) is 0 Å². The van der Waals surface area contributed by atoms with Gasteiger partial charge in [-0.1, -0.05) is 6.92 Å². The number of hydrogen-bond donors (Lipinski definition) is 2. The fraction of sp³-hybridized carbons (Fsp3) is 0.636. The first-order valence-electron chi connectivity index (χ1n) is 5.75. The molecule has 1 saturated heterocycles. The lowest BCUT2D eigenvalue weighted by molar-refractivity contribution is 0.0903. The largest absolute Gasteiger partial charge is 0.383 e. The van der Waals surface area contributed by atoms with Crippen LogP contribution < -0.4 is 11.1 Å². The summed E-state index contributed by atoms with van der Waals surface area (Å²) in [4.78, 5) is 8.27. The van der Waals surface area contributed by atoms with Gasteiger partial charge in [-0.15, -0.1) is 0 Å². The molecular weight excluding hydrogens is 204 g/mol. The summed E-state index contributed by atoms with van der Waals surface area (Å²) < 4.78 is 5.32. The van der Waals surface area contributed by atoms with Crippen LogP contribution in [0.15, 0.2) is 6.33 Å². The van der Waals surface area contributed by atoms with E-state index in [0.29, 0.717) is 11.9 Å². The van der Waals surface area contributed by atoms with Gasteiger partial charge in [0.15, 0.2) is 0 Å². The van der Waals surface area contributed by atoms with E-state index >= 15 is 0 Å². The molecule has 2 rings (SSSR count). The van der Waals surface area contributed by atoms with E-state index in [-0.39, 0.29) is 0 Å². The predicted molar refractivity (Wildman–Crippen MR) is 63.3 cm³/mol. The lowest BCUT2D eigenvalue weighted by Gasteiger charge is -2.24. The molecule has 1 fully saturated rings. The normalized spacial score (nSPS) is 17.3. The third-order valence-electron chi connectivity index (χ3n) is 2.89. The van der Waals surface area contributed by atoms with Gasteiger partial charge in [0.25, 0.3) is 0 Å². The van der Waals surface area contributed by atoms with Gasteiger partial charge >= 0.3 is 0 Å². The van der Waals surface area contributed by atoms with Crippen molar-refractivity contribution in [2.45, 2.75) is 32.2 Å². The molecule has 88 valence electrons. The van der Waals surface area contributed by atoms with Gasteiger partial charge in [0.1, 0.15) is 18.0 Å². The van der Waals surface area contributed by atoms with Crippen LogP contribution in [0, 0.1) is 0 Å². The van der Waals surface area contributed by atoms with Crippen LogP contribution in [-0.4, -0.2) is 29.2 Å². The van der Waals surface area contributed by atoms with Crippen LogP contribution in [0.1, 0.15) is 25.3 Å². The highest BCUT2D eigenvalue weighted by atomic mass is 16.5. The Hall–Kier alpha value is -1.36. The first-order chi connectivity index (χ1) is 7.81. The van der Waals surface area contributed by atoms with Crippen LogP contribution in [0.25, 0.3) is 0 Å². The molecule has 0 unspecified atom stereocenters. The molecule has 0 amide bonds. The summed E-state index contributed by atoms with van der Waals surface area (Å²) in [5, 5.41) is 3.43. The highest BCUT2D eigenvalue weighted by Gasteiger charge is 2.16. The number of nitrogen functional groups attached to an aromatic ring is 1. The second-order valence-electron chi connectivity index (χ2n) is 3.97. The summed E-state index contributed by atoms with van der Waals surface area (Å²) in [6, 6.07) is 0.438. The Balaban J connectivity index is 2.10. The van der Waals surface area contributed by atoms with Crippen molar-refractivity contribution < 1.29 is 4.74 Å². The third kappa shape index (κ3) is 2.41. The van der Waals surface area contributed by atoms with Crippen molar-refractivity contribution in [1.29, 1.82) is 0 Å². The highest BCUT2D eigenvalue weighted by Crippen LogP contribution is 2.20. The standard InChI is InChI=1S/C11H18N4O/c1-2-9-10(12)13-7-14-11(9)15-8-3-5-16-6-4-8/h7-8H,2-6H2,1H3,(H3,12,13,14,15). The maximum Gasteiger partial charge on any atom is 0.134 e. The minimum Gasteiger partial charge on any atom is -0.383 e. The van der Waals surface area contributed by atoms with Gasteiger partial charge in [-0.2, -0.15) is 0 Å². The minimum atomic E-state index is 0.438. The summed E-state index contributed by atoms with van der Waals surface area (Å²) in [6.07, 6.45) is 4.40. The average Bonchev–Trinajstić information content (AvgIpc) is 2.31. The topological polar surface area (TPSA) is 73.1 Å². The van der Waals surface area contributed by atoms with Crippen LogP contribution in [0.3, 0.4) is 0 Å². The van der Waals surface area contributed by atoms with Crippen molar-refractivity contribution in [3.05, 3.63) is 11.9 Å². The van der Waals surface area contributed by atoms with Gasteiger partial charge < -0.3 is 15.8 Å². The zero-order chi connectivity index (χ0) is 11.4. The van der Waals surface area contributed by atoms with Crippen molar-refractivity contribution in [3.63, 3.8) is 0 Å².